The molecule has 4 nitrogen and oxygen atoms in total. The van der Waals surface area contributed by atoms with Gasteiger partial charge in [0, 0.05) is 24.5 Å². The van der Waals surface area contributed by atoms with Gasteiger partial charge in [-0.25, -0.2) is 0 Å². The molecule has 0 N–H and O–H groups in total. The lowest BCUT2D eigenvalue weighted by Gasteiger charge is -2.21. The molecule has 0 spiro atoms. The van der Waals surface area contributed by atoms with Crippen LogP contribution in [0.3, 0.4) is 0 Å². The van der Waals surface area contributed by atoms with Crippen molar-refractivity contribution in [2.45, 2.75) is 26.3 Å². The summed E-state index contributed by atoms with van der Waals surface area (Å²) in [5.74, 6) is 0. The van der Waals surface area contributed by atoms with Crippen LogP contribution in [0, 0.1) is 0 Å². The van der Waals surface area contributed by atoms with Gasteiger partial charge in [-0.1, -0.05) is 48.8 Å². The van der Waals surface area contributed by atoms with Crippen molar-refractivity contribution in [2.75, 3.05) is 19.6 Å². The summed E-state index contributed by atoms with van der Waals surface area (Å²) in [5, 5.41) is 3.60. The van der Waals surface area contributed by atoms with Crippen LogP contribution in [0.25, 0.3) is 10.4 Å². The van der Waals surface area contributed by atoms with E-state index in [1.807, 2.05) is 6.07 Å². The Bertz CT molecular complexity index is 344. The first kappa shape index (κ1) is 13.6. The highest BCUT2D eigenvalue weighted by atomic mass is 15.2. The molecule has 0 heterocycles. The molecule has 0 aromatic heterocycles. The summed E-state index contributed by atoms with van der Waals surface area (Å²) in [4.78, 5) is 5.13. The zero-order valence-electron chi connectivity index (χ0n) is 10.4. The minimum atomic E-state index is 0.549. The fourth-order valence-corrected chi connectivity index (χ4v) is 1.72. The van der Waals surface area contributed by atoms with Gasteiger partial charge < -0.3 is 0 Å². The molecule has 1 aromatic carbocycles. The second kappa shape index (κ2) is 8.62. The molecule has 1 rings (SSSR count). The van der Waals surface area contributed by atoms with E-state index in [-0.39, 0.29) is 0 Å². The van der Waals surface area contributed by atoms with Crippen LogP contribution in [0.2, 0.25) is 0 Å². The van der Waals surface area contributed by atoms with Gasteiger partial charge in [0.05, 0.1) is 0 Å². The van der Waals surface area contributed by atoms with Crippen molar-refractivity contribution in [1.82, 2.24) is 4.90 Å². The van der Waals surface area contributed by atoms with Gasteiger partial charge in [-0.3, -0.25) is 4.90 Å². The van der Waals surface area contributed by atoms with Crippen LogP contribution >= 0.6 is 0 Å². The van der Waals surface area contributed by atoms with E-state index in [9.17, 15) is 0 Å². The lowest BCUT2D eigenvalue weighted by molar-refractivity contribution is 0.268. The zero-order chi connectivity index (χ0) is 12.3. The molecule has 0 saturated heterocycles. The normalized spacial score (nSPS) is 10.2. The van der Waals surface area contributed by atoms with Crippen molar-refractivity contribution in [3.05, 3.63) is 46.3 Å². The van der Waals surface area contributed by atoms with E-state index in [4.69, 9.17) is 5.53 Å². The van der Waals surface area contributed by atoms with Crippen molar-refractivity contribution >= 4 is 0 Å². The van der Waals surface area contributed by atoms with Crippen LogP contribution < -0.4 is 0 Å². The number of unbranched alkanes of at least 4 members (excludes halogenated alkanes) is 1. The van der Waals surface area contributed by atoms with Gasteiger partial charge in [0.15, 0.2) is 0 Å². The Morgan fingerprint density at radius 1 is 1.24 bits per heavy atom. The van der Waals surface area contributed by atoms with E-state index in [2.05, 4.69) is 46.1 Å². The van der Waals surface area contributed by atoms with E-state index in [0.717, 1.165) is 19.6 Å². The molecule has 4 heteroatoms. The highest BCUT2D eigenvalue weighted by Gasteiger charge is 2.04. The average molecular weight is 232 g/mol. The van der Waals surface area contributed by atoms with Crippen molar-refractivity contribution in [3.8, 4) is 0 Å². The Morgan fingerprint density at radius 3 is 2.65 bits per heavy atom. The summed E-state index contributed by atoms with van der Waals surface area (Å²) in [6.45, 7) is 5.56. The molecule has 92 valence electrons. The number of hydrogen-bond acceptors (Lipinski definition) is 2. The number of rotatable bonds is 8. The molecular formula is C13H20N4. The maximum Gasteiger partial charge on any atom is 0.0385 e. The number of azide groups is 1. The quantitative estimate of drug-likeness (QED) is 0.384. The summed E-state index contributed by atoms with van der Waals surface area (Å²) in [6, 6.07) is 10.4. The Labute approximate surface area is 103 Å². The largest absolute Gasteiger partial charge is 0.299 e. The van der Waals surface area contributed by atoms with Gasteiger partial charge in [-0.15, -0.1) is 0 Å². The monoisotopic (exact) mass is 232 g/mol. The standard InChI is InChI=1S/C13H20N4/c1-2-3-10-17(11-9-15-16-14)12-13-7-5-4-6-8-13/h4-8H,2-3,9-12H2,1H3. The molecule has 0 unspecified atom stereocenters. The number of nitrogens with zero attached hydrogens (tertiary/aromatic N) is 4. The third-order valence-corrected chi connectivity index (χ3v) is 2.66. The smallest absolute Gasteiger partial charge is 0.0385 e. The lowest BCUT2D eigenvalue weighted by Crippen LogP contribution is -2.27. The van der Waals surface area contributed by atoms with E-state index >= 15 is 0 Å². The predicted octanol–water partition coefficient (Wildman–Crippen LogP) is 3.60. The van der Waals surface area contributed by atoms with Gasteiger partial charge in [-0.05, 0) is 24.1 Å². The summed E-state index contributed by atoms with van der Waals surface area (Å²) in [7, 11) is 0. The van der Waals surface area contributed by atoms with Crippen LogP contribution in [-0.4, -0.2) is 24.5 Å². The molecule has 0 saturated carbocycles. The van der Waals surface area contributed by atoms with E-state index in [1.165, 1.54) is 18.4 Å². The Hall–Kier alpha value is -1.51. The third kappa shape index (κ3) is 5.95. The first-order chi connectivity index (χ1) is 8.36. The molecule has 0 aliphatic carbocycles. The zero-order valence-corrected chi connectivity index (χ0v) is 10.4. The molecule has 17 heavy (non-hydrogen) atoms. The van der Waals surface area contributed by atoms with Crippen molar-refractivity contribution < 1.29 is 0 Å². The predicted molar refractivity (Wildman–Crippen MR) is 70.6 cm³/mol. The first-order valence-electron chi connectivity index (χ1n) is 6.14. The first-order valence-corrected chi connectivity index (χ1v) is 6.14. The van der Waals surface area contributed by atoms with Crippen molar-refractivity contribution in [2.24, 2.45) is 5.11 Å². The average Bonchev–Trinajstić information content (AvgIpc) is 2.37. The molecular weight excluding hydrogens is 212 g/mol. The Balaban J connectivity index is 2.47. The molecule has 1 aromatic rings. The van der Waals surface area contributed by atoms with E-state index in [1.54, 1.807) is 0 Å². The maximum absolute atomic E-state index is 8.28. The van der Waals surface area contributed by atoms with Crippen LogP contribution in [-0.2, 0) is 6.54 Å². The number of benzene rings is 1. The van der Waals surface area contributed by atoms with Gasteiger partial charge >= 0.3 is 0 Å². The van der Waals surface area contributed by atoms with Crippen LogP contribution in [0.5, 0.6) is 0 Å². The summed E-state index contributed by atoms with van der Waals surface area (Å²) < 4.78 is 0. The van der Waals surface area contributed by atoms with Crippen molar-refractivity contribution in [3.63, 3.8) is 0 Å². The topological polar surface area (TPSA) is 52.0 Å². The van der Waals surface area contributed by atoms with Crippen LogP contribution in [0.15, 0.2) is 35.4 Å². The Morgan fingerprint density at radius 2 is 2.00 bits per heavy atom. The molecule has 0 amide bonds. The fourth-order valence-electron chi connectivity index (χ4n) is 1.72. The minimum absolute atomic E-state index is 0.549. The summed E-state index contributed by atoms with van der Waals surface area (Å²) in [5.41, 5.74) is 9.59. The van der Waals surface area contributed by atoms with Crippen LogP contribution in [0.1, 0.15) is 25.3 Å². The minimum Gasteiger partial charge on any atom is -0.299 e. The van der Waals surface area contributed by atoms with E-state index in [0.29, 0.717) is 6.54 Å². The molecule has 0 atom stereocenters. The second-order valence-corrected chi connectivity index (χ2v) is 4.07. The van der Waals surface area contributed by atoms with Gasteiger partial charge in [0.25, 0.3) is 0 Å². The molecule has 0 bridgehead atoms. The summed E-state index contributed by atoms with van der Waals surface area (Å²) in [6.07, 6.45) is 2.37. The summed E-state index contributed by atoms with van der Waals surface area (Å²) >= 11 is 0. The van der Waals surface area contributed by atoms with E-state index < -0.39 is 0 Å². The fraction of sp³-hybridized carbons (Fsp3) is 0.538. The van der Waals surface area contributed by atoms with Gasteiger partial charge in [-0.2, -0.15) is 0 Å². The highest BCUT2D eigenvalue weighted by molar-refractivity contribution is 5.14. The SMILES string of the molecule is CCCCN(CCN=[N+]=[N-])Cc1ccccc1. The third-order valence-electron chi connectivity index (χ3n) is 2.66. The molecule has 0 aliphatic heterocycles. The second-order valence-electron chi connectivity index (χ2n) is 4.07. The van der Waals surface area contributed by atoms with Crippen molar-refractivity contribution in [1.29, 1.82) is 0 Å². The molecule has 0 aliphatic rings. The maximum atomic E-state index is 8.28. The lowest BCUT2D eigenvalue weighted by atomic mass is 10.2. The molecule has 0 fully saturated rings. The molecule has 0 radical (unpaired) electrons. The van der Waals surface area contributed by atoms with Crippen LogP contribution in [0.4, 0.5) is 0 Å². The van der Waals surface area contributed by atoms with Gasteiger partial charge in [0.2, 0.25) is 0 Å². The van der Waals surface area contributed by atoms with Gasteiger partial charge in [0.1, 0.15) is 0 Å². The number of hydrogen-bond donors (Lipinski definition) is 0. The highest BCUT2D eigenvalue weighted by Crippen LogP contribution is 2.05. The Kier molecular flexibility index (Phi) is 6.87.